The fourth-order valence-electron chi connectivity index (χ4n) is 2.80. The molecule has 6 nitrogen and oxygen atoms in total. The number of methoxy groups -OCH3 is 1. The average Bonchev–Trinajstić information content (AvgIpc) is 3.10. The molecule has 4 rings (SSSR count). The first-order valence-electron chi connectivity index (χ1n) is 7.48. The van der Waals surface area contributed by atoms with Crippen LogP contribution in [0.2, 0.25) is 0 Å². The molecular weight excluding hydrogens is 302 g/mol. The minimum absolute atomic E-state index is 0.544. The van der Waals surface area contributed by atoms with E-state index in [1.54, 1.807) is 11.8 Å². The highest BCUT2D eigenvalue weighted by molar-refractivity contribution is 5.90. The lowest BCUT2D eigenvalue weighted by atomic mass is 10.1. The van der Waals surface area contributed by atoms with Gasteiger partial charge in [-0.15, -0.1) is 5.10 Å². The molecule has 24 heavy (non-hydrogen) atoms. The Balaban J connectivity index is 1.90. The normalized spacial score (nSPS) is 10.9. The summed E-state index contributed by atoms with van der Waals surface area (Å²) >= 11 is 0. The van der Waals surface area contributed by atoms with Crippen molar-refractivity contribution in [2.75, 3.05) is 12.8 Å². The summed E-state index contributed by atoms with van der Waals surface area (Å²) < 4.78 is 6.93. The molecule has 0 spiro atoms. The van der Waals surface area contributed by atoms with Crippen LogP contribution in [0, 0.1) is 0 Å². The van der Waals surface area contributed by atoms with Crippen molar-refractivity contribution in [3.8, 4) is 22.8 Å². The first-order chi connectivity index (χ1) is 11.8. The van der Waals surface area contributed by atoms with Gasteiger partial charge in [-0.1, -0.05) is 36.4 Å². The zero-order valence-corrected chi connectivity index (χ0v) is 13.0. The molecule has 0 aliphatic rings. The van der Waals surface area contributed by atoms with Crippen LogP contribution in [0.4, 0.5) is 5.69 Å². The Bertz CT molecular complexity index is 1020. The molecular formula is C18H15N5O. The van der Waals surface area contributed by atoms with Crippen LogP contribution >= 0.6 is 0 Å². The summed E-state index contributed by atoms with van der Waals surface area (Å²) in [6.07, 6.45) is 0. The Morgan fingerprint density at radius 3 is 2.67 bits per heavy atom. The number of nitrogens with two attached hydrogens (primary N) is 1. The van der Waals surface area contributed by atoms with Gasteiger partial charge in [0.05, 0.1) is 18.5 Å². The fraction of sp³-hybridized carbons (Fsp3) is 0.0556. The van der Waals surface area contributed by atoms with E-state index in [1.165, 1.54) is 0 Å². The Kier molecular flexibility index (Phi) is 3.35. The third kappa shape index (κ3) is 2.25. The Hall–Kier alpha value is -3.41. The van der Waals surface area contributed by atoms with E-state index in [1.807, 2.05) is 42.5 Å². The maximum atomic E-state index is 6.01. The maximum absolute atomic E-state index is 6.01. The van der Waals surface area contributed by atoms with Crippen LogP contribution in [0.1, 0.15) is 0 Å². The number of tetrazole rings is 1. The summed E-state index contributed by atoms with van der Waals surface area (Å²) in [5, 5.41) is 14.4. The SMILES string of the molecule is COc1ccc(-c2nnnn2-c2cccc3ccccc23)cc1N. The van der Waals surface area contributed by atoms with Gasteiger partial charge in [0, 0.05) is 10.9 Å². The first kappa shape index (κ1) is 14.2. The number of fused-ring (bicyclic) bond motifs is 1. The van der Waals surface area contributed by atoms with E-state index in [0.717, 1.165) is 22.0 Å². The largest absolute Gasteiger partial charge is 0.495 e. The van der Waals surface area contributed by atoms with Crippen molar-refractivity contribution in [3.63, 3.8) is 0 Å². The zero-order valence-electron chi connectivity index (χ0n) is 13.0. The van der Waals surface area contributed by atoms with E-state index in [-0.39, 0.29) is 0 Å². The van der Waals surface area contributed by atoms with Crippen molar-refractivity contribution in [3.05, 3.63) is 60.7 Å². The quantitative estimate of drug-likeness (QED) is 0.587. The molecule has 118 valence electrons. The number of hydrogen-bond donors (Lipinski definition) is 1. The third-order valence-electron chi connectivity index (χ3n) is 3.95. The molecule has 0 amide bonds. The first-order valence-corrected chi connectivity index (χ1v) is 7.48. The summed E-state index contributed by atoms with van der Waals surface area (Å²) in [5.74, 6) is 1.25. The van der Waals surface area contributed by atoms with Crippen molar-refractivity contribution < 1.29 is 4.74 Å². The minimum atomic E-state index is 0.544. The molecule has 4 aromatic rings. The van der Waals surface area contributed by atoms with Crippen LogP contribution < -0.4 is 10.5 Å². The monoisotopic (exact) mass is 317 g/mol. The number of hydrogen-bond acceptors (Lipinski definition) is 5. The molecule has 0 unspecified atom stereocenters. The molecule has 3 aromatic carbocycles. The van der Waals surface area contributed by atoms with Crippen LogP contribution in [0.25, 0.3) is 27.8 Å². The van der Waals surface area contributed by atoms with Gasteiger partial charge in [0.25, 0.3) is 0 Å². The number of nitrogens with zero attached hydrogens (tertiary/aromatic N) is 4. The van der Waals surface area contributed by atoms with E-state index < -0.39 is 0 Å². The molecule has 0 atom stereocenters. The molecule has 2 N–H and O–H groups in total. The summed E-state index contributed by atoms with van der Waals surface area (Å²) in [7, 11) is 1.59. The second-order valence-corrected chi connectivity index (χ2v) is 5.37. The molecule has 0 saturated heterocycles. The topological polar surface area (TPSA) is 78.9 Å². The lowest BCUT2D eigenvalue weighted by molar-refractivity contribution is 0.417. The van der Waals surface area contributed by atoms with Crippen LogP contribution in [0.15, 0.2) is 60.7 Å². The second kappa shape index (κ2) is 5.66. The van der Waals surface area contributed by atoms with Crippen LogP contribution in [-0.2, 0) is 0 Å². The summed E-state index contributed by atoms with van der Waals surface area (Å²) in [6.45, 7) is 0. The smallest absolute Gasteiger partial charge is 0.187 e. The highest BCUT2D eigenvalue weighted by Gasteiger charge is 2.14. The van der Waals surface area contributed by atoms with Gasteiger partial charge in [0.1, 0.15) is 5.75 Å². The van der Waals surface area contributed by atoms with Gasteiger partial charge in [0.2, 0.25) is 0 Å². The second-order valence-electron chi connectivity index (χ2n) is 5.37. The number of aromatic nitrogens is 4. The van der Waals surface area contributed by atoms with Crippen molar-refractivity contribution in [2.24, 2.45) is 0 Å². The fourth-order valence-corrected chi connectivity index (χ4v) is 2.80. The number of rotatable bonds is 3. The molecule has 1 heterocycles. The molecule has 0 bridgehead atoms. The predicted molar refractivity (Wildman–Crippen MR) is 93.1 cm³/mol. The van der Waals surface area contributed by atoms with Gasteiger partial charge < -0.3 is 10.5 Å². The summed E-state index contributed by atoms with van der Waals surface area (Å²) in [6, 6.07) is 19.7. The molecule has 0 aliphatic carbocycles. The third-order valence-corrected chi connectivity index (χ3v) is 3.95. The summed E-state index contributed by atoms with van der Waals surface area (Å²) in [5.41, 5.74) is 8.30. The van der Waals surface area contributed by atoms with Gasteiger partial charge >= 0.3 is 0 Å². The minimum Gasteiger partial charge on any atom is -0.495 e. The number of benzene rings is 3. The highest BCUT2D eigenvalue weighted by atomic mass is 16.5. The molecule has 0 radical (unpaired) electrons. The van der Waals surface area contributed by atoms with Gasteiger partial charge in [-0.25, -0.2) is 0 Å². The van der Waals surface area contributed by atoms with Gasteiger partial charge in [0.15, 0.2) is 5.82 Å². The van der Waals surface area contributed by atoms with E-state index in [2.05, 4.69) is 33.7 Å². The molecule has 0 aliphatic heterocycles. The van der Waals surface area contributed by atoms with Crippen molar-refractivity contribution in [2.45, 2.75) is 0 Å². The van der Waals surface area contributed by atoms with E-state index in [0.29, 0.717) is 17.3 Å². The van der Waals surface area contributed by atoms with Gasteiger partial charge in [-0.3, -0.25) is 0 Å². The number of ether oxygens (including phenoxy) is 1. The maximum Gasteiger partial charge on any atom is 0.187 e. The standard InChI is InChI=1S/C18H15N5O/c1-24-17-10-9-13(11-15(17)19)18-20-21-22-23(18)16-8-4-6-12-5-2-3-7-14(12)16/h2-11H,19H2,1H3. The van der Waals surface area contributed by atoms with Crippen molar-refractivity contribution in [1.82, 2.24) is 20.2 Å². The lowest BCUT2D eigenvalue weighted by Gasteiger charge is -2.10. The van der Waals surface area contributed by atoms with Crippen LogP contribution in [-0.4, -0.2) is 27.3 Å². The zero-order chi connectivity index (χ0) is 16.5. The Morgan fingerprint density at radius 1 is 1.00 bits per heavy atom. The lowest BCUT2D eigenvalue weighted by Crippen LogP contribution is -2.01. The van der Waals surface area contributed by atoms with Gasteiger partial charge in [-0.2, -0.15) is 4.68 Å². The van der Waals surface area contributed by atoms with Crippen molar-refractivity contribution >= 4 is 16.5 Å². The van der Waals surface area contributed by atoms with Crippen LogP contribution in [0.5, 0.6) is 5.75 Å². The van der Waals surface area contributed by atoms with E-state index in [4.69, 9.17) is 10.5 Å². The Morgan fingerprint density at radius 2 is 1.83 bits per heavy atom. The van der Waals surface area contributed by atoms with Gasteiger partial charge in [-0.05, 0) is 40.1 Å². The number of nitrogen functional groups attached to an aromatic ring is 1. The van der Waals surface area contributed by atoms with E-state index >= 15 is 0 Å². The predicted octanol–water partition coefficient (Wildman–Crippen LogP) is 3.07. The molecule has 6 heteroatoms. The van der Waals surface area contributed by atoms with Crippen LogP contribution in [0.3, 0.4) is 0 Å². The van der Waals surface area contributed by atoms with E-state index in [9.17, 15) is 0 Å². The average molecular weight is 317 g/mol. The molecule has 0 fully saturated rings. The highest BCUT2D eigenvalue weighted by Crippen LogP contribution is 2.29. The number of anilines is 1. The Labute approximate surface area is 138 Å². The summed E-state index contributed by atoms with van der Waals surface area (Å²) in [4.78, 5) is 0. The molecule has 0 saturated carbocycles. The molecule has 1 aromatic heterocycles. The van der Waals surface area contributed by atoms with Crippen molar-refractivity contribution in [1.29, 1.82) is 0 Å².